The highest BCUT2D eigenvalue weighted by atomic mass is 32.2. The molecule has 0 spiro atoms. The molecule has 1 fully saturated rings. The van der Waals surface area contributed by atoms with Crippen molar-refractivity contribution in [2.45, 2.75) is 23.9 Å². The summed E-state index contributed by atoms with van der Waals surface area (Å²) in [4.78, 5) is 68.6. The zero-order valence-electron chi connectivity index (χ0n) is 25.1. The highest BCUT2D eigenvalue weighted by molar-refractivity contribution is 8.00. The molecule has 1 saturated heterocycles. The standard InChI is InChI=1S/C33H28N4O8S2/c1-43-31(40)23-24(35-36-25(23)32(41)44-2)21-17-47-30-26(34-22(38)16-20-14-9-15-46-20)29(39)37(30)27(21)33(42)45-28(18-10-5-3-6-11-18)19-12-7-4-8-13-19/h3-15,26,28,30H,16-17H2,1-2H3,(H,34,38)(H,35,36)/t26-,30-/m1/s1. The van der Waals surface area contributed by atoms with E-state index in [1.165, 1.54) is 28.0 Å². The maximum atomic E-state index is 14.3. The van der Waals surface area contributed by atoms with Crippen molar-refractivity contribution in [1.82, 2.24) is 20.4 Å². The molecule has 4 heterocycles. The van der Waals surface area contributed by atoms with Crippen LogP contribution >= 0.6 is 23.1 Å². The first-order valence-electron chi connectivity index (χ1n) is 14.4. The Hall–Kier alpha value is -5.21. The summed E-state index contributed by atoms with van der Waals surface area (Å²) >= 11 is 2.70. The van der Waals surface area contributed by atoms with E-state index in [4.69, 9.17) is 14.2 Å². The first-order valence-corrected chi connectivity index (χ1v) is 16.3. The normalized spacial score (nSPS) is 17.1. The number of hydrogen-bond acceptors (Lipinski definition) is 11. The zero-order chi connectivity index (χ0) is 33.1. The van der Waals surface area contributed by atoms with Crippen LogP contribution in [0.2, 0.25) is 0 Å². The third-order valence-electron chi connectivity index (χ3n) is 7.65. The van der Waals surface area contributed by atoms with Gasteiger partial charge >= 0.3 is 17.9 Å². The number of thiophene rings is 1. The predicted octanol–water partition coefficient (Wildman–Crippen LogP) is 3.73. The van der Waals surface area contributed by atoms with Crippen LogP contribution in [0.4, 0.5) is 0 Å². The van der Waals surface area contributed by atoms with Crippen LogP contribution in [0, 0.1) is 0 Å². The van der Waals surface area contributed by atoms with Crippen LogP contribution < -0.4 is 5.32 Å². The Morgan fingerprint density at radius 3 is 2.19 bits per heavy atom. The second-order valence-electron chi connectivity index (χ2n) is 10.5. The Balaban J connectivity index is 1.41. The van der Waals surface area contributed by atoms with Crippen LogP contribution in [-0.4, -0.2) is 76.2 Å². The molecule has 240 valence electrons. The largest absolute Gasteiger partial charge is 0.465 e. The predicted molar refractivity (Wildman–Crippen MR) is 172 cm³/mol. The molecule has 2 aromatic heterocycles. The number of fused-ring (bicyclic) bond motifs is 1. The number of esters is 3. The number of β-lactam (4-membered cyclic amide) rings is 1. The van der Waals surface area contributed by atoms with Gasteiger partial charge in [-0.25, -0.2) is 14.4 Å². The fourth-order valence-electron chi connectivity index (χ4n) is 5.44. The molecule has 14 heteroatoms. The quantitative estimate of drug-likeness (QED) is 0.145. The number of ether oxygens (including phenoxy) is 3. The fraction of sp³-hybridized carbons (Fsp3) is 0.212. The molecule has 0 radical (unpaired) electrons. The number of H-pyrrole nitrogens is 1. The van der Waals surface area contributed by atoms with Crippen LogP contribution in [0.25, 0.3) is 5.57 Å². The lowest BCUT2D eigenvalue weighted by Crippen LogP contribution is -2.70. The van der Waals surface area contributed by atoms with Gasteiger partial charge in [0.05, 0.1) is 20.6 Å². The third-order valence-corrected chi connectivity index (χ3v) is 9.81. The van der Waals surface area contributed by atoms with Gasteiger partial charge in [0.25, 0.3) is 5.91 Å². The third kappa shape index (κ3) is 6.16. The van der Waals surface area contributed by atoms with E-state index in [-0.39, 0.29) is 46.3 Å². The number of amides is 2. The summed E-state index contributed by atoms with van der Waals surface area (Å²) in [5.41, 5.74) is 0.785. The molecule has 47 heavy (non-hydrogen) atoms. The lowest BCUT2D eigenvalue weighted by atomic mass is 9.98. The topological polar surface area (TPSA) is 157 Å². The Kier molecular flexibility index (Phi) is 9.22. The SMILES string of the molecule is COC(=O)c1[nH]nc(C2=C(C(=O)OC(c3ccccc3)c3ccccc3)N3C(=O)[C@@H](NC(=O)Cc4cccs4)[C@H]3SC2)c1C(=O)OC. The average molecular weight is 673 g/mol. The highest BCUT2D eigenvalue weighted by Gasteiger charge is 2.55. The van der Waals surface area contributed by atoms with Gasteiger partial charge in [-0.15, -0.1) is 23.1 Å². The van der Waals surface area contributed by atoms with E-state index < -0.39 is 41.3 Å². The summed E-state index contributed by atoms with van der Waals surface area (Å²) < 4.78 is 15.9. The molecule has 2 atom stereocenters. The Morgan fingerprint density at radius 2 is 1.60 bits per heavy atom. The van der Waals surface area contributed by atoms with Gasteiger partial charge in [-0.2, -0.15) is 5.10 Å². The van der Waals surface area contributed by atoms with Gasteiger partial charge in [0.15, 0.2) is 11.8 Å². The van der Waals surface area contributed by atoms with Crippen molar-refractivity contribution in [3.8, 4) is 0 Å². The van der Waals surface area contributed by atoms with Crippen molar-refractivity contribution in [3.05, 3.63) is 117 Å². The number of rotatable bonds is 10. The van der Waals surface area contributed by atoms with Crippen molar-refractivity contribution in [2.75, 3.05) is 20.0 Å². The minimum atomic E-state index is -0.902. The van der Waals surface area contributed by atoms with Gasteiger partial charge in [-0.1, -0.05) is 66.7 Å². The molecule has 2 N–H and O–H groups in total. The lowest BCUT2D eigenvalue weighted by Gasteiger charge is -2.49. The smallest absolute Gasteiger partial charge is 0.356 e. The van der Waals surface area contributed by atoms with E-state index in [0.717, 1.165) is 19.1 Å². The van der Waals surface area contributed by atoms with Gasteiger partial charge in [0.1, 0.15) is 28.4 Å². The average Bonchev–Trinajstić information content (AvgIpc) is 3.79. The summed E-state index contributed by atoms with van der Waals surface area (Å²) in [5, 5.41) is 10.7. The van der Waals surface area contributed by atoms with Crippen LogP contribution in [0.5, 0.6) is 0 Å². The number of aromatic nitrogens is 2. The summed E-state index contributed by atoms with van der Waals surface area (Å²) in [5.74, 6) is -3.43. The lowest BCUT2D eigenvalue weighted by molar-refractivity contribution is -0.154. The molecule has 2 aliphatic heterocycles. The molecule has 0 aliphatic carbocycles. The maximum Gasteiger partial charge on any atom is 0.356 e. The van der Waals surface area contributed by atoms with Crippen molar-refractivity contribution >= 4 is 58.4 Å². The second kappa shape index (κ2) is 13.6. The maximum absolute atomic E-state index is 14.3. The number of benzene rings is 2. The van der Waals surface area contributed by atoms with Gasteiger partial charge < -0.3 is 19.5 Å². The van der Waals surface area contributed by atoms with Gasteiger partial charge in [0.2, 0.25) is 5.91 Å². The minimum absolute atomic E-state index is 0.0656. The zero-order valence-corrected chi connectivity index (χ0v) is 26.8. The second-order valence-corrected chi connectivity index (χ2v) is 12.6. The molecule has 0 unspecified atom stereocenters. The summed E-state index contributed by atoms with van der Waals surface area (Å²) in [6, 6.07) is 21.0. The number of aromatic amines is 1. The van der Waals surface area contributed by atoms with Gasteiger partial charge in [-0.3, -0.25) is 19.6 Å². The van der Waals surface area contributed by atoms with Crippen molar-refractivity contribution in [3.63, 3.8) is 0 Å². The number of nitrogens with one attached hydrogen (secondary N) is 2. The number of carbonyl (C=O) groups excluding carboxylic acids is 5. The number of hydrogen-bond donors (Lipinski definition) is 2. The number of methoxy groups -OCH3 is 2. The Morgan fingerprint density at radius 1 is 0.936 bits per heavy atom. The first-order chi connectivity index (χ1) is 22.8. The minimum Gasteiger partial charge on any atom is -0.465 e. The molecule has 4 aromatic rings. The summed E-state index contributed by atoms with van der Waals surface area (Å²) in [7, 11) is 2.29. The Bertz CT molecular complexity index is 1820. The van der Waals surface area contributed by atoms with E-state index in [9.17, 15) is 24.0 Å². The van der Waals surface area contributed by atoms with Crippen molar-refractivity contribution < 1.29 is 38.2 Å². The molecule has 12 nitrogen and oxygen atoms in total. The summed E-state index contributed by atoms with van der Waals surface area (Å²) in [6.07, 6.45) is -0.745. The fourth-order valence-corrected chi connectivity index (χ4v) is 7.49. The van der Waals surface area contributed by atoms with Crippen LogP contribution in [0.3, 0.4) is 0 Å². The number of carbonyl (C=O) groups is 5. The molecule has 2 amide bonds. The van der Waals surface area contributed by atoms with E-state index >= 15 is 0 Å². The van der Waals surface area contributed by atoms with Crippen LogP contribution in [-0.2, 0) is 35.0 Å². The van der Waals surface area contributed by atoms with Crippen molar-refractivity contribution in [1.29, 1.82) is 0 Å². The van der Waals surface area contributed by atoms with Crippen LogP contribution in [0.1, 0.15) is 48.6 Å². The molecular formula is C33H28N4O8S2. The molecule has 0 bridgehead atoms. The van der Waals surface area contributed by atoms with Crippen molar-refractivity contribution in [2.24, 2.45) is 0 Å². The monoisotopic (exact) mass is 672 g/mol. The highest BCUT2D eigenvalue weighted by Crippen LogP contribution is 2.45. The van der Waals surface area contributed by atoms with E-state index in [1.54, 1.807) is 0 Å². The number of nitrogens with zero attached hydrogens (tertiary/aromatic N) is 2. The number of thioether (sulfide) groups is 1. The Labute approximate surface area is 277 Å². The van der Waals surface area contributed by atoms with E-state index in [1.807, 2.05) is 78.2 Å². The summed E-state index contributed by atoms with van der Waals surface area (Å²) in [6.45, 7) is 0. The van der Waals surface area contributed by atoms with Crippen LogP contribution in [0.15, 0.2) is 83.9 Å². The van der Waals surface area contributed by atoms with E-state index in [0.29, 0.717) is 11.1 Å². The first kappa shape index (κ1) is 31.8. The molecule has 6 rings (SSSR count). The van der Waals surface area contributed by atoms with E-state index in [2.05, 4.69) is 15.5 Å². The molecule has 2 aliphatic rings. The molecular weight excluding hydrogens is 645 g/mol. The molecule has 2 aromatic carbocycles. The molecule has 0 saturated carbocycles. The van der Waals surface area contributed by atoms with Gasteiger partial charge in [-0.05, 0) is 22.6 Å². The van der Waals surface area contributed by atoms with Gasteiger partial charge in [0, 0.05) is 16.2 Å².